The van der Waals surface area contributed by atoms with Crippen LogP contribution < -0.4 is 0 Å². The first-order valence-corrected chi connectivity index (χ1v) is 6.69. The number of rotatable bonds is 1. The fraction of sp³-hybridized carbons (Fsp3) is 0.455. The molecule has 90 valence electrons. The second-order valence-corrected chi connectivity index (χ2v) is 5.30. The minimum Gasteiger partial charge on any atom is -0.381 e. The van der Waals surface area contributed by atoms with Crippen molar-refractivity contribution in [1.29, 1.82) is 0 Å². The Morgan fingerprint density at radius 1 is 1.35 bits per heavy atom. The van der Waals surface area contributed by atoms with Crippen molar-refractivity contribution in [3.63, 3.8) is 0 Å². The van der Waals surface area contributed by atoms with Gasteiger partial charge in [0.15, 0.2) is 0 Å². The van der Waals surface area contributed by atoms with Crippen LogP contribution in [0.4, 0.5) is 0 Å². The maximum atomic E-state index is 6.10. The molecule has 1 fully saturated rings. The number of halogens is 2. The topological polar surface area (TPSA) is 39.9 Å². The first kappa shape index (κ1) is 11.4. The molecule has 0 atom stereocenters. The fourth-order valence-corrected chi connectivity index (χ4v) is 3.18. The van der Waals surface area contributed by atoms with E-state index in [1.807, 2.05) is 6.20 Å². The summed E-state index contributed by atoms with van der Waals surface area (Å²) in [6, 6.07) is 0.434. The summed E-state index contributed by atoms with van der Waals surface area (Å²) in [6.45, 7) is 1.61. The molecule has 0 amide bonds. The molecule has 6 heteroatoms. The molecule has 3 heterocycles. The van der Waals surface area contributed by atoms with Crippen molar-refractivity contribution >= 4 is 38.6 Å². The normalized spacial score (nSPS) is 17.8. The standard InChI is InChI=1S/C11H11BrClN3O/c12-8-5-16(7-1-3-17-4-2-7)11-9(8)10(13)14-6-15-11/h5-7H,1-4H2. The van der Waals surface area contributed by atoms with E-state index >= 15 is 0 Å². The summed E-state index contributed by atoms with van der Waals surface area (Å²) in [7, 11) is 0. The Kier molecular flexibility index (Phi) is 3.06. The Bertz CT molecular complexity index is 551. The maximum absolute atomic E-state index is 6.10. The van der Waals surface area contributed by atoms with Gasteiger partial charge in [-0.05, 0) is 28.8 Å². The molecule has 2 aromatic heterocycles. The van der Waals surface area contributed by atoms with Gasteiger partial charge in [0.25, 0.3) is 0 Å². The molecule has 17 heavy (non-hydrogen) atoms. The predicted octanol–water partition coefficient (Wildman–Crippen LogP) is 3.20. The van der Waals surface area contributed by atoms with Gasteiger partial charge in [0.1, 0.15) is 17.1 Å². The highest BCUT2D eigenvalue weighted by atomic mass is 79.9. The average molecular weight is 317 g/mol. The van der Waals surface area contributed by atoms with Crippen molar-refractivity contribution in [1.82, 2.24) is 14.5 Å². The molecular formula is C11H11BrClN3O. The van der Waals surface area contributed by atoms with Gasteiger partial charge in [-0.3, -0.25) is 0 Å². The van der Waals surface area contributed by atoms with E-state index in [9.17, 15) is 0 Å². The molecule has 0 aliphatic carbocycles. The van der Waals surface area contributed by atoms with Gasteiger partial charge in [0.05, 0.1) is 5.39 Å². The van der Waals surface area contributed by atoms with Gasteiger partial charge < -0.3 is 9.30 Å². The molecule has 3 rings (SSSR count). The van der Waals surface area contributed by atoms with Crippen LogP contribution >= 0.6 is 27.5 Å². The van der Waals surface area contributed by atoms with Gasteiger partial charge in [-0.2, -0.15) is 0 Å². The summed E-state index contributed by atoms with van der Waals surface area (Å²) in [6.07, 6.45) is 5.57. The molecule has 0 bridgehead atoms. The fourth-order valence-electron chi connectivity index (χ4n) is 2.25. The lowest BCUT2D eigenvalue weighted by Crippen LogP contribution is -2.19. The van der Waals surface area contributed by atoms with E-state index in [0.29, 0.717) is 11.2 Å². The molecule has 0 N–H and O–H groups in total. The van der Waals surface area contributed by atoms with Gasteiger partial charge in [0, 0.05) is 29.9 Å². The maximum Gasteiger partial charge on any atom is 0.146 e. The summed E-state index contributed by atoms with van der Waals surface area (Å²) in [5.74, 6) is 0. The average Bonchev–Trinajstić information content (AvgIpc) is 2.69. The van der Waals surface area contributed by atoms with E-state index in [0.717, 1.165) is 41.6 Å². The summed E-state index contributed by atoms with van der Waals surface area (Å²) in [5.41, 5.74) is 0.892. The van der Waals surface area contributed by atoms with Crippen LogP contribution in [-0.4, -0.2) is 27.7 Å². The van der Waals surface area contributed by atoms with Crippen molar-refractivity contribution in [3.05, 3.63) is 22.1 Å². The van der Waals surface area contributed by atoms with E-state index in [1.165, 1.54) is 6.33 Å². The third kappa shape index (κ3) is 1.96. The highest BCUT2D eigenvalue weighted by molar-refractivity contribution is 9.10. The number of hydrogen-bond donors (Lipinski definition) is 0. The van der Waals surface area contributed by atoms with Crippen molar-refractivity contribution < 1.29 is 4.74 Å². The third-order valence-corrected chi connectivity index (χ3v) is 3.99. The van der Waals surface area contributed by atoms with Gasteiger partial charge in [-0.25, -0.2) is 9.97 Å². The molecule has 0 spiro atoms. The Balaban J connectivity index is 2.13. The molecule has 1 aliphatic heterocycles. The lowest BCUT2D eigenvalue weighted by Gasteiger charge is -2.23. The summed E-state index contributed by atoms with van der Waals surface area (Å²) >= 11 is 9.61. The summed E-state index contributed by atoms with van der Waals surface area (Å²) in [5, 5.41) is 1.38. The number of ether oxygens (including phenoxy) is 1. The van der Waals surface area contributed by atoms with Crippen molar-refractivity contribution in [2.75, 3.05) is 13.2 Å². The second-order valence-electron chi connectivity index (χ2n) is 4.09. The van der Waals surface area contributed by atoms with Gasteiger partial charge in [-0.15, -0.1) is 0 Å². The van der Waals surface area contributed by atoms with Crippen LogP contribution in [0.25, 0.3) is 11.0 Å². The predicted molar refractivity (Wildman–Crippen MR) is 69.3 cm³/mol. The van der Waals surface area contributed by atoms with Crippen LogP contribution in [0.1, 0.15) is 18.9 Å². The van der Waals surface area contributed by atoms with Crippen LogP contribution in [-0.2, 0) is 4.74 Å². The molecule has 1 aliphatic rings. The molecule has 0 radical (unpaired) electrons. The molecule has 0 unspecified atom stereocenters. The van der Waals surface area contributed by atoms with Gasteiger partial charge >= 0.3 is 0 Å². The minimum atomic E-state index is 0.434. The largest absolute Gasteiger partial charge is 0.381 e. The monoisotopic (exact) mass is 315 g/mol. The SMILES string of the molecule is Clc1ncnc2c1c(Br)cn2C1CCOCC1. The molecule has 0 aromatic carbocycles. The number of nitrogens with zero attached hydrogens (tertiary/aromatic N) is 3. The number of fused-ring (bicyclic) bond motifs is 1. The Labute approximate surface area is 112 Å². The van der Waals surface area contributed by atoms with Gasteiger partial charge in [-0.1, -0.05) is 11.6 Å². The lowest BCUT2D eigenvalue weighted by atomic mass is 10.1. The quantitative estimate of drug-likeness (QED) is 0.759. The van der Waals surface area contributed by atoms with Crippen molar-refractivity contribution in [2.45, 2.75) is 18.9 Å². The Morgan fingerprint density at radius 2 is 2.12 bits per heavy atom. The van der Waals surface area contributed by atoms with Crippen LogP contribution in [0.2, 0.25) is 5.15 Å². The first-order valence-electron chi connectivity index (χ1n) is 5.51. The molecule has 2 aromatic rings. The van der Waals surface area contributed by atoms with E-state index in [4.69, 9.17) is 16.3 Å². The van der Waals surface area contributed by atoms with Gasteiger partial charge in [0.2, 0.25) is 0 Å². The highest BCUT2D eigenvalue weighted by Gasteiger charge is 2.20. The van der Waals surface area contributed by atoms with Crippen molar-refractivity contribution in [3.8, 4) is 0 Å². The van der Waals surface area contributed by atoms with Crippen LogP contribution in [0, 0.1) is 0 Å². The zero-order chi connectivity index (χ0) is 11.8. The number of hydrogen-bond acceptors (Lipinski definition) is 3. The lowest BCUT2D eigenvalue weighted by molar-refractivity contribution is 0.0705. The minimum absolute atomic E-state index is 0.434. The summed E-state index contributed by atoms with van der Waals surface area (Å²) < 4.78 is 8.50. The zero-order valence-corrected chi connectivity index (χ0v) is 11.4. The van der Waals surface area contributed by atoms with E-state index < -0.39 is 0 Å². The van der Waals surface area contributed by atoms with Crippen LogP contribution in [0.5, 0.6) is 0 Å². The Morgan fingerprint density at radius 3 is 2.88 bits per heavy atom. The highest BCUT2D eigenvalue weighted by Crippen LogP contribution is 2.33. The zero-order valence-electron chi connectivity index (χ0n) is 9.07. The number of aromatic nitrogens is 3. The van der Waals surface area contributed by atoms with Crippen LogP contribution in [0.3, 0.4) is 0 Å². The smallest absolute Gasteiger partial charge is 0.146 e. The third-order valence-electron chi connectivity index (χ3n) is 3.10. The first-order chi connectivity index (χ1) is 8.27. The second kappa shape index (κ2) is 4.55. The molecule has 4 nitrogen and oxygen atoms in total. The molecular weight excluding hydrogens is 305 g/mol. The molecule has 1 saturated heterocycles. The van der Waals surface area contributed by atoms with E-state index in [1.54, 1.807) is 0 Å². The summed E-state index contributed by atoms with van der Waals surface area (Å²) in [4.78, 5) is 8.35. The van der Waals surface area contributed by atoms with Crippen molar-refractivity contribution in [2.24, 2.45) is 0 Å². The van der Waals surface area contributed by atoms with E-state index in [2.05, 4.69) is 30.5 Å². The van der Waals surface area contributed by atoms with E-state index in [-0.39, 0.29) is 0 Å². The Hall–Kier alpha value is -0.650. The molecule has 0 saturated carbocycles. The van der Waals surface area contributed by atoms with Crippen LogP contribution in [0.15, 0.2) is 17.0 Å².